The van der Waals surface area contributed by atoms with Crippen molar-refractivity contribution in [3.8, 4) is 0 Å². The molecule has 0 radical (unpaired) electrons. The van der Waals surface area contributed by atoms with Gasteiger partial charge in [-0.1, -0.05) is 6.07 Å². The summed E-state index contributed by atoms with van der Waals surface area (Å²) in [4.78, 5) is 15.7. The van der Waals surface area contributed by atoms with Gasteiger partial charge < -0.3 is 10.6 Å². The second kappa shape index (κ2) is 4.96. The lowest BCUT2D eigenvalue weighted by molar-refractivity contribution is -0.120. The third-order valence-corrected chi connectivity index (χ3v) is 2.49. The Hall–Kier alpha value is -1.58. The van der Waals surface area contributed by atoms with Gasteiger partial charge in [0.05, 0.1) is 0 Å². The number of amides is 1. The highest BCUT2D eigenvalue weighted by molar-refractivity contribution is 5.77. The fraction of sp³-hybridized carbons (Fsp3) is 0.500. The molecule has 1 aromatic rings. The van der Waals surface area contributed by atoms with E-state index in [0.717, 1.165) is 24.4 Å². The quantitative estimate of drug-likeness (QED) is 0.788. The predicted octanol–water partition coefficient (Wildman–Crippen LogP) is 1.47. The number of carbonyl (C=O) groups is 1. The van der Waals surface area contributed by atoms with Gasteiger partial charge in [-0.3, -0.25) is 4.79 Å². The number of rotatable bonds is 5. The van der Waals surface area contributed by atoms with Gasteiger partial charge in [-0.05, 0) is 31.9 Å². The summed E-state index contributed by atoms with van der Waals surface area (Å²) in [6.45, 7) is 2.58. The summed E-state index contributed by atoms with van der Waals surface area (Å²) in [5.41, 5.74) is 0.979. The minimum atomic E-state index is 0.127. The Morgan fingerprint density at radius 3 is 3.00 bits per heavy atom. The Balaban J connectivity index is 1.68. The van der Waals surface area contributed by atoms with Crippen LogP contribution in [0.1, 0.15) is 25.0 Å². The van der Waals surface area contributed by atoms with Crippen molar-refractivity contribution >= 4 is 11.7 Å². The fourth-order valence-corrected chi connectivity index (χ4v) is 1.47. The molecule has 4 nitrogen and oxygen atoms in total. The fourth-order valence-electron chi connectivity index (χ4n) is 1.47. The number of nitrogens with zero attached hydrogens (tertiary/aromatic N) is 1. The van der Waals surface area contributed by atoms with Crippen molar-refractivity contribution in [1.82, 2.24) is 10.3 Å². The number of nitrogens with one attached hydrogen (secondary N) is 2. The Labute approximate surface area is 95.5 Å². The first-order valence-corrected chi connectivity index (χ1v) is 5.71. The summed E-state index contributed by atoms with van der Waals surface area (Å²) >= 11 is 0. The zero-order valence-electron chi connectivity index (χ0n) is 9.49. The molecule has 0 spiro atoms. The van der Waals surface area contributed by atoms with Gasteiger partial charge in [0.15, 0.2) is 0 Å². The number of hydrogen-bond acceptors (Lipinski definition) is 3. The van der Waals surface area contributed by atoms with E-state index in [1.165, 1.54) is 0 Å². The molecule has 1 amide bonds. The van der Waals surface area contributed by atoms with E-state index >= 15 is 0 Å². The third-order valence-electron chi connectivity index (χ3n) is 2.49. The van der Waals surface area contributed by atoms with Gasteiger partial charge in [0.1, 0.15) is 5.82 Å². The first-order valence-electron chi connectivity index (χ1n) is 5.71. The molecule has 16 heavy (non-hydrogen) atoms. The molecule has 0 saturated heterocycles. The lowest BCUT2D eigenvalue weighted by Crippen LogP contribution is -2.27. The predicted molar refractivity (Wildman–Crippen MR) is 63.2 cm³/mol. The van der Waals surface area contributed by atoms with E-state index in [1.54, 1.807) is 0 Å². The van der Waals surface area contributed by atoms with Gasteiger partial charge in [-0.25, -0.2) is 4.98 Å². The number of aryl methyl sites for hydroxylation is 1. The van der Waals surface area contributed by atoms with Crippen molar-refractivity contribution in [2.75, 3.05) is 11.9 Å². The molecule has 0 atom stereocenters. The average Bonchev–Trinajstić information content (AvgIpc) is 3.02. The molecule has 1 aromatic heterocycles. The van der Waals surface area contributed by atoms with Crippen LogP contribution in [-0.4, -0.2) is 23.5 Å². The lowest BCUT2D eigenvalue weighted by Gasteiger charge is -2.06. The number of anilines is 1. The van der Waals surface area contributed by atoms with Gasteiger partial charge in [-0.15, -0.1) is 0 Å². The highest BCUT2D eigenvalue weighted by Gasteiger charge is 2.22. The molecule has 1 aliphatic carbocycles. The maximum Gasteiger partial charge on any atom is 0.221 e. The van der Waals surface area contributed by atoms with Crippen LogP contribution in [0.15, 0.2) is 18.2 Å². The smallest absolute Gasteiger partial charge is 0.221 e. The number of aromatic nitrogens is 1. The van der Waals surface area contributed by atoms with Crippen LogP contribution in [-0.2, 0) is 4.79 Å². The highest BCUT2D eigenvalue weighted by atomic mass is 16.1. The van der Waals surface area contributed by atoms with E-state index in [0.29, 0.717) is 19.0 Å². The molecule has 86 valence electrons. The molecule has 2 rings (SSSR count). The second-order valence-corrected chi connectivity index (χ2v) is 4.18. The van der Waals surface area contributed by atoms with Crippen LogP contribution < -0.4 is 10.6 Å². The molecule has 1 heterocycles. The van der Waals surface area contributed by atoms with Gasteiger partial charge in [0.2, 0.25) is 5.91 Å². The van der Waals surface area contributed by atoms with E-state index < -0.39 is 0 Å². The van der Waals surface area contributed by atoms with E-state index in [4.69, 9.17) is 0 Å². The van der Waals surface area contributed by atoms with Gasteiger partial charge >= 0.3 is 0 Å². The van der Waals surface area contributed by atoms with Crippen LogP contribution in [0.5, 0.6) is 0 Å². The van der Waals surface area contributed by atoms with Crippen LogP contribution in [0.4, 0.5) is 5.82 Å². The van der Waals surface area contributed by atoms with E-state index in [1.807, 2.05) is 25.1 Å². The molecule has 1 saturated carbocycles. The van der Waals surface area contributed by atoms with Crippen molar-refractivity contribution in [3.63, 3.8) is 0 Å². The molecule has 0 aliphatic heterocycles. The van der Waals surface area contributed by atoms with Crippen molar-refractivity contribution in [2.24, 2.45) is 0 Å². The molecular formula is C12H17N3O. The van der Waals surface area contributed by atoms with Crippen molar-refractivity contribution < 1.29 is 4.79 Å². The zero-order valence-corrected chi connectivity index (χ0v) is 9.49. The van der Waals surface area contributed by atoms with Crippen LogP contribution in [0.25, 0.3) is 0 Å². The summed E-state index contributed by atoms with van der Waals surface area (Å²) in [6.07, 6.45) is 2.78. The Bertz CT molecular complexity index is 374. The topological polar surface area (TPSA) is 54.0 Å². The molecule has 1 fully saturated rings. The SMILES string of the molecule is Cc1cccc(NCCC(=O)NC2CC2)n1. The number of carbonyl (C=O) groups excluding carboxylic acids is 1. The first kappa shape index (κ1) is 10.9. The second-order valence-electron chi connectivity index (χ2n) is 4.18. The highest BCUT2D eigenvalue weighted by Crippen LogP contribution is 2.18. The number of pyridine rings is 1. The lowest BCUT2D eigenvalue weighted by atomic mass is 10.3. The van der Waals surface area contributed by atoms with Crippen molar-refractivity contribution in [3.05, 3.63) is 23.9 Å². The normalized spacial score (nSPS) is 14.6. The summed E-state index contributed by atoms with van der Waals surface area (Å²) in [5.74, 6) is 0.960. The monoisotopic (exact) mass is 219 g/mol. The third kappa shape index (κ3) is 3.53. The van der Waals surface area contributed by atoms with Gasteiger partial charge in [0, 0.05) is 24.7 Å². The minimum absolute atomic E-state index is 0.127. The molecule has 0 aromatic carbocycles. The van der Waals surface area contributed by atoms with Crippen molar-refractivity contribution in [2.45, 2.75) is 32.2 Å². The molecule has 0 unspecified atom stereocenters. The Morgan fingerprint density at radius 2 is 2.31 bits per heavy atom. The van der Waals surface area contributed by atoms with Crippen LogP contribution in [0.3, 0.4) is 0 Å². The Morgan fingerprint density at radius 1 is 1.50 bits per heavy atom. The molecule has 4 heteroatoms. The van der Waals surface area contributed by atoms with Gasteiger partial charge in [0.25, 0.3) is 0 Å². The summed E-state index contributed by atoms with van der Waals surface area (Å²) in [5, 5.41) is 6.09. The van der Waals surface area contributed by atoms with E-state index in [9.17, 15) is 4.79 Å². The molecule has 0 bridgehead atoms. The zero-order chi connectivity index (χ0) is 11.4. The largest absolute Gasteiger partial charge is 0.370 e. The summed E-state index contributed by atoms with van der Waals surface area (Å²) < 4.78 is 0. The average molecular weight is 219 g/mol. The summed E-state index contributed by atoms with van der Waals surface area (Å²) in [6, 6.07) is 6.26. The maximum atomic E-state index is 11.4. The van der Waals surface area contributed by atoms with Crippen LogP contribution >= 0.6 is 0 Å². The van der Waals surface area contributed by atoms with E-state index in [-0.39, 0.29) is 5.91 Å². The Kier molecular flexibility index (Phi) is 3.39. The van der Waals surface area contributed by atoms with Crippen LogP contribution in [0.2, 0.25) is 0 Å². The minimum Gasteiger partial charge on any atom is -0.370 e. The van der Waals surface area contributed by atoms with Crippen molar-refractivity contribution in [1.29, 1.82) is 0 Å². The molecule has 1 aliphatic rings. The first-order chi connectivity index (χ1) is 7.74. The molecule has 2 N–H and O–H groups in total. The van der Waals surface area contributed by atoms with Crippen LogP contribution in [0, 0.1) is 6.92 Å². The van der Waals surface area contributed by atoms with Gasteiger partial charge in [-0.2, -0.15) is 0 Å². The maximum absolute atomic E-state index is 11.4. The standard InChI is InChI=1S/C12H17N3O/c1-9-3-2-4-11(14-9)13-8-7-12(16)15-10-5-6-10/h2-4,10H,5-8H2,1H3,(H,13,14)(H,15,16). The summed E-state index contributed by atoms with van der Waals surface area (Å²) in [7, 11) is 0. The molecular weight excluding hydrogens is 202 g/mol. The number of hydrogen-bond donors (Lipinski definition) is 2. The van der Waals surface area contributed by atoms with E-state index in [2.05, 4.69) is 15.6 Å².